The first-order chi connectivity index (χ1) is 9.26. The molecule has 0 aliphatic rings. The Morgan fingerprint density at radius 3 is 2.65 bits per heavy atom. The molecule has 1 aromatic carbocycles. The molecule has 5 N–H and O–H groups in total. The first-order valence-corrected chi connectivity index (χ1v) is 6.38. The van der Waals surface area contributed by atoms with E-state index in [9.17, 15) is 9.18 Å². The number of amides is 1. The number of rotatable bonds is 7. The van der Waals surface area contributed by atoms with Gasteiger partial charge in [0.05, 0.1) is 11.3 Å². The van der Waals surface area contributed by atoms with Crippen LogP contribution in [-0.4, -0.2) is 26.2 Å². The zero-order valence-electron chi connectivity index (χ0n) is 12.1. The summed E-state index contributed by atoms with van der Waals surface area (Å²) in [6, 6.07) is 2.45. The lowest BCUT2D eigenvalue weighted by atomic mass is 9.89. The molecule has 0 bridgehead atoms. The lowest BCUT2D eigenvalue weighted by molar-refractivity contribution is 0.100. The highest BCUT2D eigenvalue weighted by molar-refractivity contribution is 5.99. The smallest absolute Gasteiger partial charge is 0.250 e. The Bertz CT molecular complexity index is 490. The van der Waals surface area contributed by atoms with E-state index >= 15 is 0 Å². The van der Waals surface area contributed by atoms with Crippen LogP contribution in [0.1, 0.15) is 30.6 Å². The Morgan fingerprint density at radius 1 is 1.45 bits per heavy atom. The second-order valence-electron chi connectivity index (χ2n) is 5.54. The van der Waals surface area contributed by atoms with Crippen LogP contribution >= 0.6 is 0 Å². The quantitative estimate of drug-likeness (QED) is 0.667. The first-order valence-electron chi connectivity index (χ1n) is 6.38. The minimum Gasteiger partial charge on any atom is -0.398 e. The number of primary amides is 1. The van der Waals surface area contributed by atoms with Crippen molar-refractivity contribution in [3.05, 3.63) is 23.5 Å². The summed E-state index contributed by atoms with van der Waals surface area (Å²) in [5, 5.41) is 2.99. The number of nitrogens with two attached hydrogens (primary N) is 2. The number of nitrogens with one attached hydrogen (secondary N) is 1. The zero-order chi connectivity index (χ0) is 15.3. The number of benzene rings is 1. The molecule has 0 heterocycles. The van der Waals surface area contributed by atoms with E-state index in [0.29, 0.717) is 13.2 Å². The number of ether oxygens (including phenoxy) is 1. The van der Waals surface area contributed by atoms with Gasteiger partial charge in [-0.3, -0.25) is 4.79 Å². The Balaban J connectivity index is 2.82. The van der Waals surface area contributed by atoms with Crippen molar-refractivity contribution in [1.29, 1.82) is 0 Å². The van der Waals surface area contributed by atoms with Gasteiger partial charge in [0, 0.05) is 25.9 Å². The molecule has 20 heavy (non-hydrogen) atoms. The molecular weight excluding hydrogens is 261 g/mol. The molecule has 0 saturated carbocycles. The Hall–Kier alpha value is -1.82. The van der Waals surface area contributed by atoms with Gasteiger partial charge in [-0.25, -0.2) is 4.39 Å². The molecule has 0 aromatic heterocycles. The Kier molecular flexibility index (Phi) is 5.33. The van der Waals surface area contributed by atoms with Crippen LogP contribution in [0.25, 0.3) is 0 Å². The van der Waals surface area contributed by atoms with Gasteiger partial charge in [0.2, 0.25) is 0 Å². The van der Waals surface area contributed by atoms with Gasteiger partial charge in [-0.2, -0.15) is 0 Å². The predicted octanol–water partition coefficient (Wildman–Crippen LogP) is 1.98. The molecule has 0 saturated heterocycles. The predicted molar refractivity (Wildman–Crippen MR) is 78.1 cm³/mol. The molecule has 112 valence electrons. The number of hydrogen-bond acceptors (Lipinski definition) is 4. The summed E-state index contributed by atoms with van der Waals surface area (Å²) < 4.78 is 18.8. The summed E-state index contributed by atoms with van der Waals surface area (Å²) in [6.07, 6.45) is 0.829. The van der Waals surface area contributed by atoms with Crippen molar-refractivity contribution in [2.45, 2.75) is 20.3 Å². The highest BCUT2D eigenvalue weighted by atomic mass is 19.1. The maximum Gasteiger partial charge on any atom is 0.250 e. The van der Waals surface area contributed by atoms with Crippen molar-refractivity contribution in [1.82, 2.24) is 0 Å². The summed E-state index contributed by atoms with van der Waals surface area (Å²) in [5.41, 5.74) is 11.1. The molecule has 0 spiro atoms. The summed E-state index contributed by atoms with van der Waals surface area (Å²) in [6.45, 7) is 5.26. The minimum absolute atomic E-state index is 0.0409. The fourth-order valence-corrected chi connectivity index (χ4v) is 1.74. The molecule has 0 aliphatic carbocycles. The van der Waals surface area contributed by atoms with Crippen LogP contribution in [0.4, 0.5) is 15.8 Å². The largest absolute Gasteiger partial charge is 0.398 e. The molecule has 0 atom stereocenters. The maximum absolute atomic E-state index is 13.8. The number of nitrogen functional groups attached to an aromatic ring is 1. The van der Waals surface area contributed by atoms with Gasteiger partial charge in [-0.05, 0) is 24.0 Å². The second-order valence-corrected chi connectivity index (χ2v) is 5.54. The fraction of sp³-hybridized carbons (Fsp3) is 0.500. The van der Waals surface area contributed by atoms with E-state index < -0.39 is 11.7 Å². The van der Waals surface area contributed by atoms with Gasteiger partial charge in [-0.1, -0.05) is 13.8 Å². The monoisotopic (exact) mass is 283 g/mol. The van der Waals surface area contributed by atoms with Crippen LogP contribution in [0.2, 0.25) is 0 Å². The van der Waals surface area contributed by atoms with E-state index in [1.54, 1.807) is 7.11 Å². The van der Waals surface area contributed by atoms with Gasteiger partial charge >= 0.3 is 0 Å². The van der Waals surface area contributed by atoms with Crippen LogP contribution < -0.4 is 16.8 Å². The van der Waals surface area contributed by atoms with E-state index in [4.69, 9.17) is 16.2 Å². The van der Waals surface area contributed by atoms with Gasteiger partial charge in [0.1, 0.15) is 5.82 Å². The number of halogens is 1. The topological polar surface area (TPSA) is 90.4 Å². The number of methoxy groups -OCH3 is 1. The molecule has 1 aromatic rings. The number of hydrogen-bond donors (Lipinski definition) is 3. The molecule has 0 unspecified atom stereocenters. The molecule has 1 rings (SSSR count). The number of anilines is 2. The second kappa shape index (κ2) is 6.56. The maximum atomic E-state index is 13.8. The van der Waals surface area contributed by atoms with Crippen LogP contribution in [0.5, 0.6) is 0 Å². The Morgan fingerprint density at radius 2 is 2.10 bits per heavy atom. The van der Waals surface area contributed by atoms with Gasteiger partial charge in [0.25, 0.3) is 5.91 Å². The molecule has 5 nitrogen and oxygen atoms in total. The van der Waals surface area contributed by atoms with Gasteiger partial charge in [0.15, 0.2) is 0 Å². The highest BCUT2D eigenvalue weighted by Crippen LogP contribution is 2.25. The third-order valence-electron chi connectivity index (χ3n) is 3.15. The lowest BCUT2D eigenvalue weighted by Crippen LogP contribution is -2.25. The zero-order valence-corrected chi connectivity index (χ0v) is 12.1. The minimum atomic E-state index is -0.677. The summed E-state index contributed by atoms with van der Waals surface area (Å²) in [5.74, 6) is -1.18. The van der Waals surface area contributed by atoms with E-state index in [0.717, 1.165) is 12.5 Å². The number of carbonyl (C=O) groups is 1. The molecule has 0 fully saturated rings. The van der Waals surface area contributed by atoms with Crippen molar-refractivity contribution in [2.24, 2.45) is 11.1 Å². The molecule has 0 radical (unpaired) electrons. The SMILES string of the molecule is COCCC(C)(C)CNc1cc(C(N)=O)c(N)cc1F. The Labute approximate surface area is 118 Å². The van der Waals surface area contributed by atoms with Crippen molar-refractivity contribution >= 4 is 17.3 Å². The van der Waals surface area contributed by atoms with Crippen molar-refractivity contribution in [3.63, 3.8) is 0 Å². The van der Waals surface area contributed by atoms with Crippen LogP contribution in [-0.2, 0) is 4.74 Å². The average Bonchev–Trinajstić information content (AvgIpc) is 2.35. The molecule has 6 heteroatoms. The third-order valence-corrected chi connectivity index (χ3v) is 3.15. The van der Waals surface area contributed by atoms with E-state index in [2.05, 4.69) is 5.32 Å². The summed E-state index contributed by atoms with van der Waals surface area (Å²) >= 11 is 0. The summed E-state index contributed by atoms with van der Waals surface area (Å²) in [4.78, 5) is 11.2. The van der Waals surface area contributed by atoms with E-state index in [1.807, 2.05) is 13.8 Å². The standard InChI is InChI=1S/C14H22FN3O2/c1-14(2,4-5-20-3)8-18-12-6-9(13(17)19)11(16)7-10(12)15/h6-7,18H,4-5,8,16H2,1-3H3,(H2,17,19). The molecule has 1 amide bonds. The van der Waals surface area contributed by atoms with Crippen LogP contribution in [0.3, 0.4) is 0 Å². The highest BCUT2D eigenvalue weighted by Gasteiger charge is 2.19. The molecular formula is C14H22FN3O2. The van der Waals surface area contributed by atoms with Gasteiger partial charge in [-0.15, -0.1) is 0 Å². The van der Waals surface area contributed by atoms with Crippen molar-refractivity contribution in [3.8, 4) is 0 Å². The van der Waals surface area contributed by atoms with E-state index in [1.165, 1.54) is 6.07 Å². The summed E-state index contributed by atoms with van der Waals surface area (Å²) in [7, 11) is 1.64. The van der Waals surface area contributed by atoms with Gasteiger partial charge < -0.3 is 21.5 Å². The third kappa shape index (κ3) is 4.38. The van der Waals surface area contributed by atoms with Crippen LogP contribution in [0, 0.1) is 11.2 Å². The lowest BCUT2D eigenvalue weighted by Gasteiger charge is -2.25. The first kappa shape index (κ1) is 16.2. The average molecular weight is 283 g/mol. The van der Waals surface area contributed by atoms with Crippen molar-refractivity contribution in [2.75, 3.05) is 31.3 Å². The fourth-order valence-electron chi connectivity index (χ4n) is 1.74. The van der Waals surface area contributed by atoms with E-state index in [-0.39, 0.29) is 22.4 Å². The van der Waals surface area contributed by atoms with Crippen LogP contribution in [0.15, 0.2) is 12.1 Å². The normalized spacial score (nSPS) is 11.4. The van der Waals surface area contributed by atoms with Crippen molar-refractivity contribution < 1.29 is 13.9 Å². The number of carbonyl (C=O) groups excluding carboxylic acids is 1. The molecule has 0 aliphatic heterocycles.